The van der Waals surface area contributed by atoms with E-state index in [0.717, 1.165) is 24.1 Å². The average Bonchev–Trinajstić information content (AvgIpc) is 3.35. The molecule has 0 radical (unpaired) electrons. The quantitative estimate of drug-likeness (QED) is 0.625. The molecule has 168 valence electrons. The zero-order chi connectivity index (χ0) is 21.4. The molecule has 3 fully saturated rings. The highest BCUT2D eigenvalue weighted by Crippen LogP contribution is 2.28. The molecule has 0 bridgehead atoms. The number of carbonyl (C=O) groups is 1. The summed E-state index contributed by atoms with van der Waals surface area (Å²) in [4.78, 5) is 17.5. The molecule has 0 N–H and O–H groups in total. The molecule has 4 rings (SSSR count). The summed E-state index contributed by atoms with van der Waals surface area (Å²) in [6.45, 7) is 3.68. The fraction of sp³-hybridized carbons (Fsp3) is 0.737. The molecule has 3 aliphatic heterocycles. The Hall–Kier alpha value is -1.01. The Morgan fingerprint density at radius 2 is 1.73 bits per heavy atom. The maximum absolute atomic E-state index is 12.8. The Labute approximate surface area is 182 Å². The van der Waals surface area contributed by atoms with Gasteiger partial charge in [0.25, 0.3) is 10.0 Å². The van der Waals surface area contributed by atoms with Crippen LogP contribution in [0.5, 0.6) is 0 Å². The van der Waals surface area contributed by atoms with Crippen molar-refractivity contribution < 1.29 is 21.6 Å². The molecule has 4 heterocycles. The van der Waals surface area contributed by atoms with E-state index in [1.54, 1.807) is 21.3 Å². The first-order valence-corrected chi connectivity index (χ1v) is 14.6. The van der Waals surface area contributed by atoms with Gasteiger partial charge < -0.3 is 4.90 Å². The maximum Gasteiger partial charge on any atom is 0.252 e. The van der Waals surface area contributed by atoms with E-state index >= 15 is 0 Å². The highest BCUT2D eigenvalue weighted by Gasteiger charge is 2.34. The van der Waals surface area contributed by atoms with Crippen molar-refractivity contribution in [2.75, 3.05) is 50.8 Å². The van der Waals surface area contributed by atoms with Crippen LogP contribution in [0.1, 0.15) is 30.6 Å². The molecule has 3 aliphatic rings. The largest absolute Gasteiger partial charge is 0.340 e. The maximum atomic E-state index is 12.8. The molecule has 1 aromatic heterocycles. The van der Waals surface area contributed by atoms with E-state index in [1.165, 1.54) is 11.3 Å². The van der Waals surface area contributed by atoms with Gasteiger partial charge >= 0.3 is 0 Å². The second kappa shape index (κ2) is 8.85. The van der Waals surface area contributed by atoms with Crippen LogP contribution in [0.3, 0.4) is 0 Å². The Morgan fingerprint density at radius 3 is 2.37 bits per heavy atom. The van der Waals surface area contributed by atoms with E-state index in [9.17, 15) is 21.6 Å². The van der Waals surface area contributed by atoms with Crippen LogP contribution in [0, 0.1) is 0 Å². The van der Waals surface area contributed by atoms with Crippen LogP contribution >= 0.6 is 11.3 Å². The van der Waals surface area contributed by atoms with Crippen molar-refractivity contribution in [3.8, 4) is 0 Å². The van der Waals surface area contributed by atoms with Crippen molar-refractivity contribution in [3.05, 3.63) is 17.0 Å². The van der Waals surface area contributed by atoms with Crippen LogP contribution in [-0.4, -0.2) is 93.7 Å². The standard InChI is InChI=1S/C19H29N3O5S3/c23-18(21-11-9-20(10-12-21)16-6-13-29(24,25)15-16)14-17-4-5-19(28-17)30(26,27)22-7-2-1-3-8-22/h4-5,16H,1-3,6-15H2. The molecule has 1 atom stereocenters. The molecule has 30 heavy (non-hydrogen) atoms. The number of piperidine rings is 1. The number of rotatable bonds is 5. The molecule has 3 saturated heterocycles. The minimum atomic E-state index is -3.46. The lowest BCUT2D eigenvalue weighted by molar-refractivity contribution is -0.132. The highest BCUT2D eigenvalue weighted by molar-refractivity contribution is 7.91. The summed E-state index contributed by atoms with van der Waals surface area (Å²) in [5.41, 5.74) is 0. The molecule has 0 saturated carbocycles. The Balaban J connectivity index is 1.31. The number of sulfonamides is 1. The van der Waals surface area contributed by atoms with Crippen molar-refractivity contribution in [2.24, 2.45) is 0 Å². The molecule has 1 unspecified atom stereocenters. The number of nitrogens with zero attached hydrogens (tertiary/aromatic N) is 3. The molecule has 0 aliphatic carbocycles. The highest BCUT2D eigenvalue weighted by atomic mass is 32.2. The predicted molar refractivity (Wildman–Crippen MR) is 116 cm³/mol. The molecule has 1 aromatic rings. The fourth-order valence-electron chi connectivity index (χ4n) is 4.49. The summed E-state index contributed by atoms with van der Waals surface area (Å²) < 4.78 is 50.8. The molecule has 0 aromatic carbocycles. The van der Waals surface area contributed by atoms with Crippen LogP contribution in [0.25, 0.3) is 0 Å². The molecular weight excluding hydrogens is 446 g/mol. The molecule has 0 spiro atoms. The number of thiophene rings is 1. The van der Waals surface area contributed by atoms with Crippen molar-refractivity contribution in [1.29, 1.82) is 0 Å². The van der Waals surface area contributed by atoms with Crippen LogP contribution in [0.15, 0.2) is 16.3 Å². The number of sulfone groups is 1. The van der Waals surface area contributed by atoms with E-state index in [2.05, 4.69) is 4.90 Å². The Morgan fingerprint density at radius 1 is 1.03 bits per heavy atom. The zero-order valence-electron chi connectivity index (χ0n) is 17.0. The summed E-state index contributed by atoms with van der Waals surface area (Å²) in [7, 11) is -6.36. The number of piperazine rings is 1. The van der Waals surface area contributed by atoms with Gasteiger partial charge in [0.05, 0.1) is 17.9 Å². The third kappa shape index (κ3) is 4.90. The van der Waals surface area contributed by atoms with Gasteiger partial charge in [-0.3, -0.25) is 9.69 Å². The van der Waals surface area contributed by atoms with Gasteiger partial charge in [0.15, 0.2) is 9.84 Å². The van der Waals surface area contributed by atoms with Crippen molar-refractivity contribution in [1.82, 2.24) is 14.1 Å². The van der Waals surface area contributed by atoms with Gasteiger partial charge in [-0.25, -0.2) is 16.8 Å². The predicted octanol–water partition coefficient (Wildman–Crippen LogP) is 0.797. The zero-order valence-corrected chi connectivity index (χ0v) is 19.5. The van der Waals surface area contributed by atoms with Gasteiger partial charge in [-0.05, 0) is 31.4 Å². The number of hydrogen-bond donors (Lipinski definition) is 0. The third-order valence-corrected chi connectivity index (χ3v) is 11.5. The molecule has 1 amide bonds. The van der Waals surface area contributed by atoms with E-state index in [4.69, 9.17) is 0 Å². The van der Waals surface area contributed by atoms with E-state index in [0.29, 0.717) is 49.9 Å². The Bertz CT molecular complexity index is 975. The monoisotopic (exact) mass is 475 g/mol. The minimum absolute atomic E-state index is 0.00235. The van der Waals surface area contributed by atoms with Gasteiger partial charge in [-0.2, -0.15) is 4.31 Å². The first-order chi connectivity index (χ1) is 14.2. The van der Waals surface area contributed by atoms with Crippen LogP contribution in [0.4, 0.5) is 0 Å². The molecule has 8 nitrogen and oxygen atoms in total. The van der Waals surface area contributed by atoms with E-state index in [1.807, 2.05) is 0 Å². The SMILES string of the molecule is O=C(Cc1ccc(S(=O)(=O)N2CCCCC2)s1)N1CCN(C2CCS(=O)(=O)C2)CC1. The average molecular weight is 476 g/mol. The van der Waals surface area contributed by atoms with Gasteiger partial charge in [0.2, 0.25) is 5.91 Å². The summed E-state index contributed by atoms with van der Waals surface area (Å²) in [6.07, 6.45) is 3.75. The van der Waals surface area contributed by atoms with Gasteiger partial charge in [0.1, 0.15) is 4.21 Å². The van der Waals surface area contributed by atoms with Gasteiger partial charge in [-0.1, -0.05) is 6.42 Å². The van der Waals surface area contributed by atoms with Crippen molar-refractivity contribution in [3.63, 3.8) is 0 Å². The van der Waals surface area contributed by atoms with Crippen LogP contribution in [0.2, 0.25) is 0 Å². The van der Waals surface area contributed by atoms with Crippen molar-refractivity contribution in [2.45, 2.75) is 42.4 Å². The van der Waals surface area contributed by atoms with E-state index in [-0.39, 0.29) is 29.9 Å². The normalized spacial score (nSPS) is 26.1. The van der Waals surface area contributed by atoms with E-state index < -0.39 is 19.9 Å². The number of hydrogen-bond acceptors (Lipinski definition) is 7. The first-order valence-electron chi connectivity index (χ1n) is 10.6. The lowest BCUT2D eigenvalue weighted by Crippen LogP contribution is -2.52. The topological polar surface area (TPSA) is 95.1 Å². The second-order valence-electron chi connectivity index (χ2n) is 8.34. The number of amides is 1. The lowest BCUT2D eigenvalue weighted by atomic mass is 10.2. The van der Waals surface area contributed by atoms with Crippen LogP contribution < -0.4 is 0 Å². The summed E-state index contributed by atoms with van der Waals surface area (Å²) in [6, 6.07) is 3.45. The molecular formula is C19H29N3O5S3. The Kier molecular flexibility index (Phi) is 6.55. The third-order valence-electron chi connectivity index (χ3n) is 6.26. The summed E-state index contributed by atoms with van der Waals surface area (Å²) in [5, 5.41) is 0. The number of carbonyl (C=O) groups excluding carboxylic acids is 1. The lowest BCUT2D eigenvalue weighted by Gasteiger charge is -2.37. The second-order valence-corrected chi connectivity index (χ2v) is 13.9. The molecule has 11 heteroatoms. The summed E-state index contributed by atoms with van der Waals surface area (Å²) in [5.74, 6) is 0.486. The van der Waals surface area contributed by atoms with Gasteiger partial charge in [0, 0.05) is 50.2 Å². The van der Waals surface area contributed by atoms with Gasteiger partial charge in [-0.15, -0.1) is 11.3 Å². The first kappa shape index (κ1) is 22.2. The smallest absolute Gasteiger partial charge is 0.252 e. The van der Waals surface area contributed by atoms with Crippen LogP contribution in [-0.2, 0) is 31.1 Å². The minimum Gasteiger partial charge on any atom is -0.340 e. The van der Waals surface area contributed by atoms with Crippen molar-refractivity contribution >= 4 is 37.1 Å². The fourth-order valence-corrected chi connectivity index (χ4v) is 9.26. The summed E-state index contributed by atoms with van der Waals surface area (Å²) >= 11 is 1.19.